The molecule has 0 spiro atoms. The first-order valence-corrected chi connectivity index (χ1v) is 30.7. The topological polar surface area (TPSA) is 587 Å². The molecule has 21 aliphatic rings. The van der Waals surface area contributed by atoms with Gasteiger partial charge in [-0.15, -0.1) is 0 Å². The van der Waals surface area contributed by atoms with Gasteiger partial charge in [0.25, 0.3) is 5.91 Å². The van der Waals surface area contributed by atoms with Gasteiger partial charge in [0.15, 0.2) is 44.0 Å². The molecule has 534 valence electrons. The predicted molar refractivity (Wildman–Crippen MR) is 296 cm³/mol. The van der Waals surface area contributed by atoms with Crippen molar-refractivity contribution < 1.29 is 173 Å². The molecule has 0 unspecified atom stereocenters. The fourth-order valence-corrected chi connectivity index (χ4v) is 12.2. The lowest BCUT2D eigenvalue weighted by Gasteiger charge is -2.50. The highest BCUT2D eigenvalue weighted by Crippen LogP contribution is 2.39. The molecule has 38 nitrogen and oxygen atoms in total. The van der Waals surface area contributed by atoms with Gasteiger partial charge in [0.1, 0.15) is 171 Å². The van der Waals surface area contributed by atoms with Crippen molar-refractivity contribution in [2.24, 2.45) is 0 Å². The smallest absolute Gasteiger partial charge is 0.251 e. The Morgan fingerprint density at radius 2 is 0.624 bits per heavy atom. The zero-order valence-corrected chi connectivity index (χ0v) is 50.1. The van der Waals surface area contributed by atoms with E-state index in [1.54, 1.807) is 24.3 Å². The number of anilines is 1. The number of amides is 1. The van der Waals surface area contributed by atoms with Crippen LogP contribution in [0.15, 0.2) is 24.3 Å². The molecule has 0 saturated carbocycles. The summed E-state index contributed by atoms with van der Waals surface area (Å²) in [6.45, 7) is -3.87. The molecule has 38 heteroatoms. The summed E-state index contributed by atoms with van der Waals surface area (Å²) in [7, 11) is 0. The number of nitrogens with one attached hydrogen (secondary N) is 3. The summed E-state index contributed by atoms with van der Waals surface area (Å²) in [5.74, 6) is -0.282. The maximum Gasteiger partial charge on any atom is 0.251 e. The van der Waals surface area contributed by atoms with Gasteiger partial charge in [-0.3, -0.25) is 4.79 Å². The van der Waals surface area contributed by atoms with Gasteiger partial charge < -0.3 is 184 Å². The Hall–Kier alpha value is -2.91. The molecule has 0 radical (unpaired) electrons. The van der Waals surface area contributed by atoms with E-state index in [9.17, 15) is 107 Å². The number of benzene rings is 1. The van der Waals surface area contributed by atoms with Crippen molar-refractivity contribution in [3.8, 4) is 0 Å². The number of aliphatic hydroxyl groups is 20. The molecule has 14 bridgehead atoms. The SMILES string of the molecule is CCCCNC(=O)c1cccc(NCCNC[C@H]2O[C@@H]3O[C@H]4[C@H](O)[C@@H](O)[C@@H](O[C@H]5[C@H](O)[C@@H](O)[C@@H](O[C@H]6[C@H](O)[C@@H](O)[C@@H](O[C@H]7[C@H](O)[C@@H](O)[C@@H](O[C@H]8[C@H](O)[C@@H](O)[C@@H](O[C@H]9[C@H](O)[C@@H](O)[C@@H](O[C@H]2[C@H](O)[C@H]3O)O[C@@H]9CO)O[C@@H]8CO)O[C@@H]7CO)O[C@@H]6CO)O[C@@H]5CO)O[C@@H]4CO)c1. The molecule has 21 fully saturated rings. The molecular formula is C55H89N3O35. The van der Waals surface area contributed by atoms with Crippen LogP contribution in [-0.4, -0.2) is 389 Å². The van der Waals surface area contributed by atoms with E-state index in [2.05, 4.69) is 16.0 Å². The van der Waals surface area contributed by atoms with Crippen LogP contribution in [-0.2, 0) is 66.3 Å². The van der Waals surface area contributed by atoms with Gasteiger partial charge in [-0.2, -0.15) is 0 Å². The van der Waals surface area contributed by atoms with Gasteiger partial charge in [0, 0.05) is 37.4 Å². The van der Waals surface area contributed by atoms with E-state index in [4.69, 9.17) is 66.3 Å². The lowest BCUT2D eigenvalue weighted by molar-refractivity contribution is -0.396. The van der Waals surface area contributed by atoms with Crippen LogP contribution in [0.4, 0.5) is 5.69 Å². The quantitative estimate of drug-likeness (QED) is 0.0684. The molecular weight excluding hydrogens is 1260 g/mol. The number of rotatable bonds is 16. The Morgan fingerprint density at radius 1 is 0.355 bits per heavy atom. The largest absolute Gasteiger partial charge is 0.394 e. The van der Waals surface area contributed by atoms with E-state index < -0.39 is 255 Å². The van der Waals surface area contributed by atoms with Crippen LogP contribution in [0.2, 0.25) is 0 Å². The van der Waals surface area contributed by atoms with Crippen LogP contribution in [0.5, 0.6) is 0 Å². The highest BCUT2D eigenvalue weighted by Gasteiger charge is 2.59. The van der Waals surface area contributed by atoms with Gasteiger partial charge in [-0.1, -0.05) is 19.4 Å². The molecule has 22 rings (SSSR count). The molecule has 21 heterocycles. The number of hydrogen-bond acceptors (Lipinski definition) is 37. The molecule has 21 saturated heterocycles. The average molecular weight is 1350 g/mol. The lowest BCUT2D eigenvalue weighted by atomic mass is 9.95. The number of ether oxygens (including phenoxy) is 14. The van der Waals surface area contributed by atoms with Crippen molar-refractivity contribution in [2.75, 3.05) is 71.1 Å². The van der Waals surface area contributed by atoms with Gasteiger partial charge >= 0.3 is 0 Å². The van der Waals surface area contributed by atoms with E-state index in [1.165, 1.54) is 0 Å². The van der Waals surface area contributed by atoms with Crippen LogP contribution in [0.3, 0.4) is 0 Å². The van der Waals surface area contributed by atoms with E-state index in [0.29, 0.717) is 17.8 Å². The third kappa shape index (κ3) is 16.2. The van der Waals surface area contributed by atoms with Crippen LogP contribution in [0, 0.1) is 0 Å². The fraction of sp³-hybridized carbons (Fsp3) is 0.873. The molecule has 23 N–H and O–H groups in total. The third-order valence-electron chi connectivity index (χ3n) is 17.5. The molecule has 0 aliphatic carbocycles. The Kier molecular flexibility index (Phi) is 26.6. The van der Waals surface area contributed by atoms with Crippen LogP contribution in [0.1, 0.15) is 30.1 Å². The summed E-state index contributed by atoms with van der Waals surface area (Å²) in [5, 5.41) is 234. The Bertz CT molecular complexity index is 2440. The van der Waals surface area contributed by atoms with Crippen LogP contribution < -0.4 is 16.0 Å². The normalized spacial score (nSPS) is 47.7. The van der Waals surface area contributed by atoms with Crippen molar-refractivity contribution in [2.45, 2.75) is 235 Å². The van der Waals surface area contributed by atoms with Crippen molar-refractivity contribution in [1.29, 1.82) is 0 Å². The summed E-state index contributed by atoms with van der Waals surface area (Å²) in [6.07, 6.45) is -68.5. The number of unbranched alkanes of at least 4 members (excludes halogenated alkanes) is 1. The third-order valence-corrected chi connectivity index (χ3v) is 17.5. The molecule has 1 aromatic rings. The number of aliphatic hydroxyl groups excluding tert-OH is 20. The first-order valence-electron chi connectivity index (χ1n) is 30.7. The fourth-order valence-electron chi connectivity index (χ4n) is 12.2. The second-order valence-electron chi connectivity index (χ2n) is 23.8. The second-order valence-corrected chi connectivity index (χ2v) is 23.8. The molecule has 35 atom stereocenters. The summed E-state index contributed by atoms with van der Waals surface area (Å²) in [6, 6.07) is 6.66. The number of carbonyl (C=O) groups is 1. The van der Waals surface area contributed by atoms with Gasteiger partial charge in [0.05, 0.1) is 39.6 Å². The predicted octanol–water partition coefficient (Wildman–Crippen LogP) is -13.0. The van der Waals surface area contributed by atoms with E-state index in [-0.39, 0.29) is 25.5 Å². The minimum absolute atomic E-state index is 0.106. The Morgan fingerprint density at radius 3 is 0.892 bits per heavy atom. The molecule has 0 aromatic heterocycles. The maximum absolute atomic E-state index is 12.8. The molecule has 93 heavy (non-hydrogen) atoms. The summed E-state index contributed by atoms with van der Waals surface area (Å²) < 4.78 is 81.7. The highest BCUT2D eigenvalue weighted by molar-refractivity contribution is 5.95. The molecule has 21 aliphatic heterocycles. The highest BCUT2D eigenvalue weighted by atomic mass is 16.8. The van der Waals surface area contributed by atoms with E-state index >= 15 is 0 Å². The second kappa shape index (κ2) is 33.3. The Labute approximate surface area is 530 Å². The summed E-state index contributed by atoms with van der Waals surface area (Å²) in [5.41, 5.74) is 0.955. The Balaban J connectivity index is 0.985. The van der Waals surface area contributed by atoms with E-state index in [1.807, 2.05) is 6.92 Å². The zero-order valence-electron chi connectivity index (χ0n) is 50.1. The number of hydrogen-bond donors (Lipinski definition) is 23. The standard InChI is InChI=1S/C55H89N3O35/c1-2-3-7-58-48(79)18-5-4-6-19(10-18)57-9-8-56-11-20-41-27(65)34(72)49(80-20)88-42-21(12-59)82-51(36(74)29(42)67)90-44-23(14-61)84-53(38(76)31(44)69)92-46-25(16-63)86-55(40(78)33(46)71)93-47-26(17-64)85-54(39(77)32(47)70)91-45-24(15-62)83-52(37(75)30(45)68)89-43-22(13-60)81-50(87-41)35(73)28(43)66/h4-6,10,20-47,49-57,59-78H,2-3,7-9,11-17H2,1H3,(H,58,79)/t20-,21-,22-,23-,24-,25-,26-,27-,28-,29-,30-,31-,32-,33-,34-,35-,36-,37-,38-,39-,40-,41-,42-,43-,44-,45-,46-,47-,49-,50-,51-,52-,53-,54-,55-/m1/s1. The zero-order chi connectivity index (χ0) is 67.3. The van der Waals surface area contributed by atoms with E-state index in [0.717, 1.165) is 12.8 Å². The van der Waals surface area contributed by atoms with Crippen LogP contribution in [0.25, 0.3) is 0 Å². The van der Waals surface area contributed by atoms with Crippen molar-refractivity contribution in [1.82, 2.24) is 10.6 Å². The monoisotopic (exact) mass is 1350 g/mol. The van der Waals surface area contributed by atoms with Crippen LogP contribution >= 0.6 is 0 Å². The summed E-state index contributed by atoms with van der Waals surface area (Å²) >= 11 is 0. The average Bonchev–Trinajstić information content (AvgIpc) is 0.798. The first-order chi connectivity index (χ1) is 44.5. The lowest BCUT2D eigenvalue weighted by Crippen LogP contribution is -2.68. The minimum Gasteiger partial charge on any atom is -0.394 e. The minimum atomic E-state index is -2.22. The van der Waals surface area contributed by atoms with Gasteiger partial charge in [-0.05, 0) is 24.6 Å². The van der Waals surface area contributed by atoms with Gasteiger partial charge in [-0.25, -0.2) is 0 Å². The first kappa shape index (κ1) is 74.3. The maximum atomic E-state index is 12.8. The number of carbonyl (C=O) groups excluding carboxylic acids is 1. The van der Waals surface area contributed by atoms with Gasteiger partial charge in [0.2, 0.25) is 0 Å². The van der Waals surface area contributed by atoms with Crippen molar-refractivity contribution in [3.05, 3.63) is 29.8 Å². The van der Waals surface area contributed by atoms with Crippen molar-refractivity contribution >= 4 is 11.6 Å². The molecule has 1 aromatic carbocycles. The van der Waals surface area contributed by atoms with Crippen molar-refractivity contribution in [3.63, 3.8) is 0 Å². The molecule has 1 amide bonds. The summed E-state index contributed by atoms with van der Waals surface area (Å²) in [4.78, 5) is 12.8.